The van der Waals surface area contributed by atoms with Gasteiger partial charge in [0.1, 0.15) is 5.82 Å². The number of benzene rings is 2. The van der Waals surface area contributed by atoms with Crippen LogP contribution in [-0.4, -0.2) is 9.55 Å². The molecule has 28 heavy (non-hydrogen) atoms. The third kappa shape index (κ3) is 3.88. The standard InChI is InChI=1S/C19H14F5N3O/c1-9-3-12(20)10(2)16(4-9)25-19-26-18(28)15(23)8-27(19)7-11-5-13(21)17(24)14(22)6-11/h3-6,8H,7H2,1-2H3,(H,25,26,28). The molecule has 2 aromatic carbocycles. The van der Waals surface area contributed by atoms with E-state index in [0.717, 1.165) is 22.9 Å². The SMILES string of the molecule is Cc1cc(F)c(C)c(Nc2nc(=O)c(F)cn2Cc2cc(F)c(F)c(F)c2)c1. The second-order valence-corrected chi connectivity index (χ2v) is 6.26. The van der Waals surface area contributed by atoms with Gasteiger partial charge < -0.3 is 9.88 Å². The van der Waals surface area contributed by atoms with Gasteiger partial charge in [0, 0.05) is 17.4 Å². The van der Waals surface area contributed by atoms with Crippen molar-refractivity contribution in [2.75, 3.05) is 5.32 Å². The summed E-state index contributed by atoms with van der Waals surface area (Å²) in [6, 6.07) is 4.40. The molecule has 0 unspecified atom stereocenters. The maximum Gasteiger partial charge on any atom is 0.310 e. The van der Waals surface area contributed by atoms with E-state index in [1.165, 1.54) is 13.0 Å². The van der Waals surface area contributed by atoms with Gasteiger partial charge in [-0.1, -0.05) is 0 Å². The minimum Gasteiger partial charge on any atom is -0.325 e. The van der Waals surface area contributed by atoms with Crippen LogP contribution in [0.15, 0.2) is 35.3 Å². The molecular formula is C19H14F5N3O. The first-order valence-corrected chi connectivity index (χ1v) is 8.10. The molecule has 3 aromatic rings. The molecule has 1 aromatic heterocycles. The summed E-state index contributed by atoms with van der Waals surface area (Å²) in [5, 5.41) is 2.73. The highest BCUT2D eigenvalue weighted by molar-refractivity contribution is 5.60. The number of nitrogens with zero attached hydrogens (tertiary/aromatic N) is 2. The Morgan fingerprint density at radius 2 is 1.57 bits per heavy atom. The van der Waals surface area contributed by atoms with Crippen molar-refractivity contribution in [2.45, 2.75) is 20.4 Å². The molecular weight excluding hydrogens is 381 g/mol. The van der Waals surface area contributed by atoms with E-state index in [4.69, 9.17) is 0 Å². The van der Waals surface area contributed by atoms with Crippen molar-refractivity contribution in [3.8, 4) is 0 Å². The molecule has 0 saturated carbocycles. The summed E-state index contributed by atoms with van der Waals surface area (Å²) in [5.74, 6) is -6.31. The molecule has 0 amide bonds. The van der Waals surface area contributed by atoms with Crippen molar-refractivity contribution in [2.24, 2.45) is 0 Å². The van der Waals surface area contributed by atoms with Gasteiger partial charge in [-0.2, -0.15) is 9.37 Å². The van der Waals surface area contributed by atoms with Gasteiger partial charge in [-0.3, -0.25) is 4.79 Å². The molecule has 0 radical (unpaired) electrons. The molecule has 0 aliphatic rings. The van der Waals surface area contributed by atoms with Crippen LogP contribution in [0.25, 0.3) is 0 Å². The van der Waals surface area contributed by atoms with Crippen LogP contribution in [0.4, 0.5) is 33.6 Å². The van der Waals surface area contributed by atoms with E-state index in [0.29, 0.717) is 5.56 Å². The first kappa shape index (κ1) is 19.5. The fourth-order valence-corrected chi connectivity index (χ4v) is 2.65. The van der Waals surface area contributed by atoms with Crippen molar-refractivity contribution in [3.63, 3.8) is 0 Å². The van der Waals surface area contributed by atoms with Crippen molar-refractivity contribution >= 4 is 11.6 Å². The van der Waals surface area contributed by atoms with Gasteiger partial charge in [-0.15, -0.1) is 0 Å². The Morgan fingerprint density at radius 3 is 2.21 bits per heavy atom. The predicted molar refractivity (Wildman–Crippen MR) is 93.0 cm³/mol. The molecule has 4 nitrogen and oxygen atoms in total. The number of halogens is 5. The van der Waals surface area contributed by atoms with Crippen LogP contribution in [-0.2, 0) is 6.54 Å². The summed E-state index contributed by atoms with van der Waals surface area (Å²) in [6.07, 6.45) is 0.790. The summed E-state index contributed by atoms with van der Waals surface area (Å²) < 4.78 is 68.8. The van der Waals surface area contributed by atoms with E-state index < -0.39 is 34.6 Å². The lowest BCUT2D eigenvalue weighted by Crippen LogP contribution is -2.20. The fraction of sp³-hybridized carbons (Fsp3) is 0.158. The smallest absolute Gasteiger partial charge is 0.310 e. The molecule has 0 fully saturated rings. The minimum absolute atomic E-state index is 0.0311. The Bertz CT molecular complexity index is 1100. The lowest BCUT2D eigenvalue weighted by atomic mass is 10.1. The van der Waals surface area contributed by atoms with Crippen LogP contribution in [0.5, 0.6) is 0 Å². The number of nitrogens with one attached hydrogen (secondary N) is 1. The Kier molecular flexibility index (Phi) is 5.17. The first-order chi connectivity index (χ1) is 13.2. The van der Waals surface area contributed by atoms with E-state index in [-0.39, 0.29) is 29.3 Å². The molecule has 0 aliphatic heterocycles. The lowest BCUT2D eigenvalue weighted by molar-refractivity contribution is 0.444. The molecule has 0 aliphatic carbocycles. The predicted octanol–water partition coefficient (Wildman–Crippen LogP) is 4.35. The summed E-state index contributed by atoms with van der Waals surface area (Å²) >= 11 is 0. The zero-order chi connectivity index (χ0) is 20.6. The molecule has 0 saturated heterocycles. The highest BCUT2D eigenvalue weighted by Crippen LogP contribution is 2.24. The Labute approximate surface area is 156 Å². The number of aryl methyl sites for hydroxylation is 1. The maximum atomic E-state index is 14.0. The van der Waals surface area contributed by atoms with E-state index in [1.54, 1.807) is 13.0 Å². The topological polar surface area (TPSA) is 46.9 Å². The monoisotopic (exact) mass is 395 g/mol. The first-order valence-electron chi connectivity index (χ1n) is 8.10. The van der Waals surface area contributed by atoms with Crippen LogP contribution in [0, 0.1) is 42.9 Å². The molecule has 3 rings (SSSR count). The van der Waals surface area contributed by atoms with Gasteiger partial charge in [0.25, 0.3) is 0 Å². The summed E-state index contributed by atoms with van der Waals surface area (Å²) in [6.45, 7) is 2.82. The van der Waals surface area contributed by atoms with Gasteiger partial charge in [0.15, 0.2) is 17.5 Å². The molecule has 0 atom stereocenters. The van der Waals surface area contributed by atoms with Crippen LogP contribution < -0.4 is 10.9 Å². The molecule has 1 heterocycles. The van der Waals surface area contributed by atoms with E-state index >= 15 is 0 Å². The average molecular weight is 395 g/mol. The van der Waals surface area contributed by atoms with Crippen LogP contribution in [0.3, 0.4) is 0 Å². The average Bonchev–Trinajstić information content (AvgIpc) is 2.61. The molecule has 0 bridgehead atoms. The Hall–Kier alpha value is -3.23. The third-order valence-electron chi connectivity index (χ3n) is 4.08. The van der Waals surface area contributed by atoms with Gasteiger partial charge in [-0.05, 0) is 49.2 Å². The highest BCUT2D eigenvalue weighted by Gasteiger charge is 2.15. The summed E-state index contributed by atoms with van der Waals surface area (Å²) in [4.78, 5) is 15.2. The summed E-state index contributed by atoms with van der Waals surface area (Å²) in [7, 11) is 0. The second kappa shape index (κ2) is 7.41. The van der Waals surface area contributed by atoms with Crippen molar-refractivity contribution in [1.82, 2.24) is 9.55 Å². The largest absolute Gasteiger partial charge is 0.325 e. The van der Waals surface area contributed by atoms with E-state index in [9.17, 15) is 26.7 Å². The number of rotatable bonds is 4. The van der Waals surface area contributed by atoms with Gasteiger partial charge in [0.05, 0.1) is 6.54 Å². The van der Waals surface area contributed by atoms with Crippen molar-refractivity contribution in [3.05, 3.63) is 86.6 Å². The molecule has 146 valence electrons. The van der Waals surface area contributed by atoms with E-state index in [1.807, 2.05) is 0 Å². The Balaban J connectivity index is 2.06. The molecule has 9 heteroatoms. The quantitative estimate of drug-likeness (QED) is 0.528. The number of hydrogen-bond donors (Lipinski definition) is 1. The van der Waals surface area contributed by atoms with Crippen LogP contribution in [0.2, 0.25) is 0 Å². The number of anilines is 2. The minimum atomic E-state index is -1.63. The Morgan fingerprint density at radius 1 is 0.929 bits per heavy atom. The number of aromatic nitrogens is 2. The van der Waals surface area contributed by atoms with Crippen LogP contribution in [0.1, 0.15) is 16.7 Å². The molecule has 0 spiro atoms. The van der Waals surface area contributed by atoms with Crippen molar-refractivity contribution in [1.29, 1.82) is 0 Å². The second-order valence-electron chi connectivity index (χ2n) is 6.26. The zero-order valence-corrected chi connectivity index (χ0v) is 14.8. The van der Waals surface area contributed by atoms with Crippen LogP contribution >= 0.6 is 0 Å². The third-order valence-corrected chi connectivity index (χ3v) is 4.08. The van der Waals surface area contributed by atoms with Gasteiger partial charge in [-0.25, -0.2) is 17.6 Å². The van der Waals surface area contributed by atoms with Gasteiger partial charge >= 0.3 is 5.56 Å². The summed E-state index contributed by atoms with van der Waals surface area (Å²) in [5.41, 5.74) is -0.0995. The molecule has 1 N–H and O–H groups in total. The fourth-order valence-electron chi connectivity index (χ4n) is 2.65. The number of hydrogen-bond acceptors (Lipinski definition) is 3. The lowest BCUT2D eigenvalue weighted by Gasteiger charge is -2.16. The normalized spacial score (nSPS) is 11.0. The van der Waals surface area contributed by atoms with Crippen molar-refractivity contribution < 1.29 is 22.0 Å². The highest BCUT2D eigenvalue weighted by atomic mass is 19.2. The zero-order valence-electron chi connectivity index (χ0n) is 14.8. The maximum absolute atomic E-state index is 14.0. The van der Waals surface area contributed by atoms with E-state index in [2.05, 4.69) is 10.3 Å². The van der Waals surface area contributed by atoms with Gasteiger partial charge in [0.2, 0.25) is 11.8 Å².